The van der Waals surface area contributed by atoms with Gasteiger partial charge in [-0.05, 0) is 121 Å². The maximum absolute atomic E-state index is 9.26. The van der Waals surface area contributed by atoms with E-state index in [2.05, 4.69) is 30.6 Å². The highest BCUT2D eigenvalue weighted by atomic mass is 28.3. The first-order valence-corrected chi connectivity index (χ1v) is 26.7. The van der Waals surface area contributed by atoms with Crippen LogP contribution in [0, 0.1) is 6.33 Å². The molecule has 7 heteroatoms. The third-order valence-electron chi connectivity index (χ3n) is 15.1. The molecule has 0 unspecified atom stereocenters. The summed E-state index contributed by atoms with van der Waals surface area (Å²) in [6.07, 6.45) is 5.33. The van der Waals surface area contributed by atoms with E-state index in [4.69, 9.17) is 26.5 Å². The fraction of sp³-hybridized carbons (Fsp3) is 0.0294. The molecule has 0 amide bonds. The van der Waals surface area contributed by atoms with Gasteiger partial charge < -0.3 is 9.15 Å². The number of fused-ring (bicyclic) bond motifs is 17. The number of nitrogens with zero attached hydrogens (tertiary/aromatic N) is 4. The molecule has 0 spiro atoms. The average Bonchev–Trinajstić information content (AvgIpc) is 1.51. The van der Waals surface area contributed by atoms with Crippen LogP contribution in [-0.2, 0) is 0 Å². The number of hydrogen-bond donors (Lipinski definition) is 0. The van der Waals surface area contributed by atoms with Gasteiger partial charge in [0.1, 0.15) is 36.6 Å². The van der Waals surface area contributed by atoms with E-state index in [1.54, 1.807) is 42.6 Å². The Balaban J connectivity index is 0.892. The van der Waals surface area contributed by atoms with Crippen molar-refractivity contribution < 1.29 is 28.8 Å². The molecule has 0 aliphatic carbocycles. The zero-order valence-electron chi connectivity index (χ0n) is 50.7. The highest BCUT2D eigenvalue weighted by Gasteiger charge is 2.38. The van der Waals surface area contributed by atoms with E-state index in [1.165, 1.54) is 0 Å². The van der Waals surface area contributed by atoms with Gasteiger partial charge in [0.15, 0.2) is 0 Å². The van der Waals surface area contributed by atoms with Crippen LogP contribution in [0.3, 0.4) is 0 Å². The van der Waals surface area contributed by atoms with Crippen molar-refractivity contribution >= 4 is 73.2 Å². The van der Waals surface area contributed by atoms with E-state index in [9.17, 15) is 2.74 Å². The Labute approximate surface area is 448 Å². The SMILES string of the molecule is [2H]c1c([2H])c([2H])c(-c2cccc3c2-[n+]2[c-]n(-c4cccc(Oc5ccc6c7c8oc9ccccc9c8ccc7n(-c7cc8c(cn7)-c7ccccc7[Si]8(C([2H])([2H])[2H])C([2H])([2H])[2H])c6c5)c4)c4cccc(c42)-c2ccccc2-c2ccccc2-3)c([2H])c1[2H]. The summed E-state index contributed by atoms with van der Waals surface area (Å²) >= 11 is 0. The van der Waals surface area contributed by atoms with Gasteiger partial charge in [-0.2, -0.15) is 0 Å². The van der Waals surface area contributed by atoms with Crippen LogP contribution in [0.1, 0.15) is 15.1 Å². The normalized spacial score (nSPS) is 15.5. The number of imidazole rings is 1. The third-order valence-corrected chi connectivity index (χ3v) is 17.6. The van der Waals surface area contributed by atoms with Gasteiger partial charge in [-0.25, -0.2) is 4.98 Å². The van der Waals surface area contributed by atoms with Crippen LogP contribution in [0.25, 0.3) is 128 Å². The molecule has 2 aliphatic heterocycles. The Kier molecular flexibility index (Phi) is 6.81. The van der Waals surface area contributed by atoms with Gasteiger partial charge in [-0.1, -0.05) is 177 Å². The van der Waals surface area contributed by atoms with E-state index >= 15 is 0 Å². The summed E-state index contributed by atoms with van der Waals surface area (Å²) in [6, 6.07) is 59.9. The van der Waals surface area contributed by atoms with Crippen LogP contribution in [0.4, 0.5) is 0 Å². The Morgan fingerprint density at radius 1 is 0.547 bits per heavy atom. The molecule has 6 nitrogen and oxygen atoms in total. The lowest BCUT2D eigenvalue weighted by molar-refractivity contribution is -0.570. The molecule has 16 rings (SSSR count). The minimum absolute atomic E-state index is 0.0634. The number of hydrogen-bond acceptors (Lipinski definition) is 3. The van der Waals surface area contributed by atoms with Crippen LogP contribution in [0.5, 0.6) is 11.5 Å². The fourth-order valence-corrected chi connectivity index (χ4v) is 14.1. The lowest BCUT2D eigenvalue weighted by Crippen LogP contribution is -2.49. The second-order valence-electron chi connectivity index (χ2n) is 19.2. The molecular formula is C68H44N4O2Si. The molecule has 14 aromatic rings. The van der Waals surface area contributed by atoms with Gasteiger partial charge in [-0.15, -0.1) is 0 Å². The number of aromatic nitrogens is 4. The quantitative estimate of drug-likeness (QED) is 0.0981. The van der Waals surface area contributed by atoms with Gasteiger partial charge in [0.25, 0.3) is 6.33 Å². The summed E-state index contributed by atoms with van der Waals surface area (Å²) in [5, 5.41) is 4.04. The van der Waals surface area contributed by atoms with Crippen LogP contribution in [0.2, 0.25) is 13.0 Å². The molecule has 6 heterocycles. The zero-order valence-corrected chi connectivity index (χ0v) is 40.7. The summed E-state index contributed by atoms with van der Waals surface area (Å²) in [6.45, 7) is -5.70. The maximum Gasteiger partial charge on any atom is 0.269 e. The van der Waals surface area contributed by atoms with E-state index in [0.717, 1.165) is 66.0 Å². The minimum atomic E-state index is -4.56. The summed E-state index contributed by atoms with van der Waals surface area (Å²) in [4.78, 5) is 5.04. The van der Waals surface area contributed by atoms with Crippen molar-refractivity contribution in [1.29, 1.82) is 0 Å². The second kappa shape index (κ2) is 15.7. The number of pyridine rings is 1. The third kappa shape index (κ3) is 6.07. The molecule has 0 atom stereocenters. The molecule has 75 heavy (non-hydrogen) atoms. The lowest BCUT2D eigenvalue weighted by Gasteiger charge is -2.19. The van der Waals surface area contributed by atoms with Crippen molar-refractivity contribution in [3.63, 3.8) is 0 Å². The van der Waals surface area contributed by atoms with Crippen molar-refractivity contribution in [3.05, 3.63) is 237 Å². The molecule has 0 N–H and O–H groups in total. The Hall–Kier alpha value is -9.56. The molecule has 2 aliphatic rings. The first-order valence-electron chi connectivity index (χ1n) is 30.2. The molecule has 4 aromatic heterocycles. The van der Waals surface area contributed by atoms with Crippen LogP contribution < -0.4 is 19.7 Å². The number of para-hydroxylation sites is 3. The highest BCUT2D eigenvalue weighted by Crippen LogP contribution is 2.46. The summed E-state index contributed by atoms with van der Waals surface area (Å²) < 4.78 is 118. The van der Waals surface area contributed by atoms with Crippen molar-refractivity contribution in [2.24, 2.45) is 0 Å². The Bertz CT molecular complexity index is 5250. The van der Waals surface area contributed by atoms with Crippen molar-refractivity contribution in [2.75, 3.05) is 0 Å². The number of furan rings is 1. The molecule has 0 radical (unpaired) electrons. The second-order valence-corrected chi connectivity index (χ2v) is 21.7. The lowest BCUT2D eigenvalue weighted by atomic mass is 9.88. The summed E-state index contributed by atoms with van der Waals surface area (Å²) in [5.74, 6) is 1.26. The smallest absolute Gasteiger partial charge is 0.269 e. The average molecular weight is 988 g/mol. The molecule has 352 valence electrons. The number of rotatable bonds is 5. The maximum atomic E-state index is 9.26. The van der Waals surface area contributed by atoms with Crippen LogP contribution in [-0.4, -0.2) is 22.2 Å². The first-order chi connectivity index (χ1) is 41.5. The zero-order chi connectivity index (χ0) is 58.9. The predicted octanol–water partition coefficient (Wildman–Crippen LogP) is 15.7. The van der Waals surface area contributed by atoms with E-state index < -0.39 is 39.2 Å². The highest BCUT2D eigenvalue weighted by molar-refractivity contribution is 7.03. The number of ether oxygens (including phenoxy) is 1. The molecule has 0 bridgehead atoms. The van der Waals surface area contributed by atoms with Gasteiger partial charge in [0.05, 0.1) is 45.7 Å². The topological polar surface area (TPSA) is 49.0 Å². The van der Waals surface area contributed by atoms with Gasteiger partial charge in [0.2, 0.25) is 0 Å². The monoisotopic (exact) mass is 987 g/mol. The molecule has 0 saturated heterocycles. The summed E-state index contributed by atoms with van der Waals surface area (Å²) in [5.41, 5.74) is 12.5. The van der Waals surface area contributed by atoms with Crippen LogP contribution in [0.15, 0.2) is 235 Å². The minimum Gasteiger partial charge on any atom is -0.458 e. The van der Waals surface area contributed by atoms with Gasteiger partial charge in [0, 0.05) is 36.6 Å². The van der Waals surface area contributed by atoms with Gasteiger partial charge in [-0.3, -0.25) is 13.7 Å². The fourth-order valence-electron chi connectivity index (χ4n) is 11.9. The Morgan fingerprint density at radius 3 is 2.07 bits per heavy atom. The van der Waals surface area contributed by atoms with E-state index in [-0.39, 0.29) is 22.8 Å². The molecular weight excluding hydrogens is 933 g/mol. The molecule has 0 saturated carbocycles. The number of benzene rings is 10. The molecule has 10 aromatic carbocycles. The van der Waals surface area contributed by atoms with Crippen LogP contribution >= 0.6 is 0 Å². The molecule has 0 fully saturated rings. The summed E-state index contributed by atoms with van der Waals surface area (Å²) in [7, 11) is -4.56. The first kappa shape index (κ1) is 32.5. The largest absolute Gasteiger partial charge is 0.458 e. The van der Waals surface area contributed by atoms with Crippen molar-refractivity contribution in [3.8, 4) is 84.3 Å². The standard InChI is InChI=1S/C68H44N4O2Si/c1-75(2)62-32-13-11-26-52(62)57-40-69-64(39-63(57)75)72-58-36-35-55-51-25-10-12-31-61(51)74-68(55)65(58)56-34-33-45(38-60(56)72)73-44-20-14-19-43(37-44)70-41-71-66-46(42-17-4-3-5-18-42)27-15-28-53(66)49-23-8-6-21-47(49)48-22-7-9-24-50(48)54-29-16-30-59(70)67(54)71/h3-40H,1-2H3/i1D3,2D3,3D,4D,5D,17D,18D. The van der Waals surface area contributed by atoms with E-state index in [0.29, 0.717) is 72.8 Å². The van der Waals surface area contributed by atoms with Gasteiger partial charge >= 0.3 is 0 Å². The van der Waals surface area contributed by atoms with Crippen molar-refractivity contribution in [1.82, 2.24) is 14.1 Å². The van der Waals surface area contributed by atoms with Crippen molar-refractivity contribution in [2.45, 2.75) is 13.0 Å². The predicted molar refractivity (Wildman–Crippen MR) is 307 cm³/mol. The van der Waals surface area contributed by atoms with E-state index in [1.807, 2.05) is 147 Å². The Morgan fingerprint density at radius 2 is 1.23 bits per heavy atom.